The van der Waals surface area contributed by atoms with Crippen LogP contribution in [0.25, 0.3) is 0 Å². The number of rotatable bonds is 2. The fourth-order valence-electron chi connectivity index (χ4n) is 1.52. The van der Waals surface area contributed by atoms with Crippen LogP contribution < -0.4 is 19.3 Å². The van der Waals surface area contributed by atoms with E-state index < -0.39 is 5.91 Å². The summed E-state index contributed by atoms with van der Waals surface area (Å²) in [4.78, 5) is 11.2. The predicted octanol–water partition coefficient (Wildman–Crippen LogP) is 0.818. The highest BCUT2D eigenvalue weighted by molar-refractivity contribution is 5.96. The molecule has 0 aliphatic carbocycles. The van der Waals surface area contributed by atoms with Gasteiger partial charge in [0.05, 0.1) is 14.2 Å². The van der Waals surface area contributed by atoms with Gasteiger partial charge in [-0.25, -0.2) is 0 Å². The Morgan fingerprint density at radius 1 is 1.38 bits per heavy atom. The number of benzene rings is 1. The Kier molecular flexibility index (Phi) is 2.57. The molecule has 6 heteroatoms. The molecule has 16 heavy (non-hydrogen) atoms. The molecule has 1 aromatic rings. The van der Waals surface area contributed by atoms with Crippen molar-refractivity contribution in [3.8, 4) is 17.2 Å². The topological polar surface area (TPSA) is 68.2 Å². The van der Waals surface area contributed by atoms with Gasteiger partial charge in [-0.1, -0.05) is 0 Å². The Balaban J connectivity index is 2.56. The minimum Gasteiger partial charge on any atom is -0.493 e. The van der Waals surface area contributed by atoms with Gasteiger partial charge >= 0.3 is 0 Å². The number of hydrogen-bond donors (Lipinski definition) is 1. The average Bonchev–Trinajstić information content (AvgIpc) is 2.32. The van der Waals surface area contributed by atoms with Crippen LogP contribution in [0.3, 0.4) is 0 Å². The Morgan fingerprint density at radius 3 is 2.75 bits per heavy atom. The van der Waals surface area contributed by atoms with E-state index in [0.29, 0.717) is 22.3 Å². The van der Waals surface area contributed by atoms with Gasteiger partial charge in [0.2, 0.25) is 5.75 Å². The lowest BCUT2D eigenvalue weighted by atomic mass is 10.2. The number of ether oxygens (including phenoxy) is 3. The second-order valence-electron chi connectivity index (χ2n) is 3.14. The molecule has 0 saturated carbocycles. The summed E-state index contributed by atoms with van der Waals surface area (Å²) in [7, 11) is 2.95. The highest BCUT2D eigenvalue weighted by atomic mass is 16.6. The maximum absolute atomic E-state index is 11.2. The first-order valence-electron chi connectivity index (χ1n) is 4.58. The van der Waals surface area contributed by atoms with Gasteiger partial charge in [-0.2, -0.15) is 5.06 Å². The maximum atomic E-state index is 11.2. The zero-order valence-corrected chi connectivity index (χ0v) is 8.89. The SMILES string of the molecule is COc1ccc2c(c1OC)OCC(=O)N2O. The van der Waals surface area contributed by atoms with Crippen LogP contribution in [-0.2, 0) is 4.79 Å². The van der Waals surface area contributed by atoms with Gasteiger partial charge in [0.25, 0.3) is 5.91 Å². The molecular formula is C10H11NO5. The molecule has 6 nitrogen and oxygen atoms in total. The smallest absolute Gasteiger partial charge is 0.288 e. The van der Waals surface area contributed by atoms with Crippen LogP contribution in [0.2, 0.25) is 0 Å². The summed E-state index contributed by atoms with van der Waals surface area (Å²) < 4.78 is 15.4. The van der Waals surface area contributed by atoms with E-state index in [1.807, 2.05) is 0 Å². The molecule has 86 valence electrons. The number of amides is 1. The van der Waals surface area contributed by atoms with Crippen LogP contribution in [-0.4, -0.2) is 31.9 Å². The first-order chi connectivity index (χ1) is 7.69. The van der Waals surface area contributed by atoms with E-state index in [1.165, 1.54) is 20.3 Å². The second-order valence-corrected chi connectivity index (χ2v) is 3.14. The quantitative estimate of drug-likeness (QED) is 0.754. The van der Waals surface area contributed by atoms with Gasteiger partial charge in [0.15, 0.2) is 18.1 Å². The third kappa shape index (κ3) is 1.43. The molecule has 0 spiro atoms. The van der Waals surface area contributed by atoms with Crippen LogP contribution in [0.15, 0.2) is 12.1 Å². The summed E-state index contributed by atoms with van der Waals surface area (Å²) >= 11 is 0. The molecular weight excluding hydrogens is 214 g/mol. The van der Waals surface area contributed by atoms with Crippen molar-refractivity contribution >= 4 is 11.6 Å². The molecule has 1 aliphatic heterocycles. The normalized spacial score (nSPS) is 14.2. The molecule has 0 radical (unpaired) electrons. The Morgan fingerprint density at radius 2 is 2.12 bits per heavy atom. The van der Waals surface area contributed by atoms with E-state index >= 15 is 0 Å². The minimum atomic E-state index is -0.528. The molecule has 0 saturated heterocycles. The van der Waals surface area contributed by atoms with Gasteiger partial charge in [-0.3, -0.25) is 10.0 Å². The summed E-state index contributed by atoms with van der Waals surface area (Å²) in [6.45, 7) is -0.229. The molecule has 2 rings (SSSR count). The highest BCUT2D eigenvalue weighted by Gasteiger charge is 2.28. The number of carbonyl (C=O) groups excluding carboxylic acids is 1. The molecule has 1 heterocycles. The van der Waals surface area contributed by atoms with Crippen molar-refractivity contribution < 1.29 is 24.2 Å². The third-order valence-electron chi connectivity index (χ3n) is 2.28. The van der Waals surface area contributed by atoms with Gasteiger partial charge < -0.3 is 14.2 Å². The predicted molar refractivity (Wildman–Crippen MR) is 54.3 cm³/mol. The van der Waals surface area contributed by atoms with Gasteiger partial charge in [-0.15, -0.1) is 0 Å². The van der Waals surface area contributed by atoms with E-state index in [4.69, 9.17) is 14.2 Å². The number of nitrogens with zero attached hydrogens (tertiary/aromatic N) is 1. The van der Waals surface area contributed by atoms with Crippen molar-refractivity contribution in [3.63, 3.8) is 0 Å². The second kappa shape index (κ2) is 3.90. The van der Waals surface area contributed by atoms with Crippen LogP contribution in [0.4, 0.5) is 5.69 Å². The molecule has 0 bridgehead atoms. The van der Waals surface area contributed by atoms with Gasteiger partial charge in [-0.05, 0) is 12.1 Å². The number of hydroxylamine groups is 1. The number of methoxy groups -OCH3 is 2. The van der Waals surface area contributed by atoms with E-state index in [-0.39, 0.29) is 12.3 Å². The molecule has 0 fully saturated rings. The van der Waals surface area contributed by atoms with E-state index in [1.54, 1.807) is 6.07 Å². The number of hydrogen-bond acceptors (Lipinski definition) is 5. The number of fused-ring (bicyclic) bond motifs is 1. The molecule has 1 N–H and O–H groups in total. The summed E-state index contributed by atoms with van der Waals surface area (Å²) in [5, 5.41) is 10.1. The van der Waals surface area contributed by atoms with Gasteiger partial charge in [0, 0.05) is 0 Å². The monoisotopic (exact) mass is 225 g/mol. The van der Waals surface area contributed by atoms with Crippen molar-refractivity contribution in [1.82, 2.24) is 0 Å². The van der Waals surface area contributed by atoms with Gasteiger partial charge in [0.1, 0.15) is 5.69 Å². The van der Waals surface area contributed by atoms with Crippen molar-refractivity contribution in [2.24, 2.45) is 0 Å². The lowest BCUT2D eigenvalue weighted by Crippen LogP contribution is -2.36. The lowest BCUT2D eigenvalue weighted by molar-refractivity contribution is -0.126. The lowest BCUT2D eigenvalue weighted by Gasteiger charge is -2.25. The summed E-state index contributed by atoms with van der Waals surface area (Å²) in [6, 6.07) is 3.11. The number of anilines is 1. The molecule has 0 aromatic heterocycles. The largest absolute Gasteiger partial charge is 0.493 e. The van der Waals surface area contributed by atoms with Crippen molar-refractivity contribution in [2.45, 2.75) is 0 Å². The van der Waals surface area contributed by atoms with Crippen molar-refractivity contribution in [3.05, 3.63) is 12.1 Å². The van der Waals surface area contributed by atoms with Crippen molar-refractivity contribution in [1.29, 1.82) is 0 Å². The van der Waals surface area contributed by atoms with E-state index in [9.17, 15) is 10.0 Å². The highest BCUT2D eigenvalue weighted by Crippen LogP contribution is 2.45. The molecule has 0 unspecified atom stereocenters. The summed E-state index contributed by atoms with van der Waals surface area (Å²) in [6.07, 6.45) is 0. The standard InChI is InChI=1S/C10H11NO5/c1-14-7-4-3-6-9(10(7)15-2)16-5-8(12)11(6)13/h3-4,13H,5H2,1-2H3. The zero-order chi connectivity index (χ0) is 11.7. The van der Waals surface area contributed by atoms with Crippen LogP contribution in [0.5, 0.6) is 17.2 Å². The zero-order valence-electron chi connectivity index (χ0n) is 8.89. The number of carbonyl (C=O) groups is 1. The fraction of sp³-hybridized carbons (Fsp3) is 0.300. The van der Waals surface area contributed by atoms with Crippen LogP contribution in [0.1, 0.15) is 0 Å². The average molecular weight is 225 g/mol. The molecule has 0 atom stereocenters. The Labute approximate surface area is 91.9 Å². The third-order valence-corrected chi connectivity index (χ3v) is 2.28. The van der Waals surface area contributed by atoms with E-state index in [0.717, 1.165) is 0 Å². The minimum absolute atomic E-state index is 0.229. The first-order valence-corrected chi connectivity index (χ1v) is 4.58. The molecule has 1 aliphatic rings. The van der Waals surface area contributed by atoms with E-state index in [2.05, 4.69) is 0 Å². The first kappa shape index (κ1) is 10.6. The van der Waals surface area contributed by atoms with Crippen LogP contribution in [0, 0.1) is 0 Å². The summed E-state index contributed by atoms with van der Waals surface area (Å²) in [5.41, 5.74) is 0.244. The fourth-order valence-corrected chi connectivity index (χ4v) is 1.52. The Bertz CT molecular complexity index is 431. The maximum Gasteiger partial charge on any atom is 0.288 e. The molecule has 1 amide bonds. The molecule has 1 aromatic carbocycles. The van der Waals surface area contributed by atoms with Crippen LogP contribution >= 0.6 is 0 Å². The summed E-state index contributed by atoms with van der Waals surface area (Å²) in [5.74, 6) is 0.596. The Hall–Kier alpha value is -1.95. The van der Waals surface area contributed by atoms with Crippen molar-refractivity contribution in [2.75, 3.05) is 25.9 Å².